The molecule has 1 aromatic rings. The summed E-state index contributed by atoms with van der Waals surface area (Å²) in [5, 5.41) is 2.49. The van der Waals surface area contributed by atoms with Gasteiger partial charge in [-0.05, 0) is 37.2 Å². The van der Waals surface area contributed by atoms with E-state index in [-0.39, 0.29) is 5.91 Å². The van der Waals surface area contributed by atoms with Gasteiger partial charge in [0.15, 0.2) is 0 Å². The first-order valence-electron chi connectivity index (χ1n) is 6.66. The SMILES string of the molecule is CC1CCC(NC(=O)C(Cl)c2ccccc2)CC1. The lowest BCUT2D eigenvalue weighted by atomic mass is 9.87. The summed E-state index contributed by atoms with van der Waals surface area (Å²) in [5.74, 6) is 0.724. The molecule has 1 saturated carbocycles. The zero-order chi connectivity index (χ0) is 13.0. The minimum atomic E-state index is -0.578. The van der Waals surface area contributed by atoms with Gasteiger partial charge in [0.2, 0.25) is 5.91 Å². The zero-order valence-corrected chi connectivity index (χ0v) is 11.5. The fourth-order valence-electron chi connectivity index (χ4n) is 2.45. The van der Waals surface area contributed by atoms with E-state index in [0.29, 0.717) is 6.04 Å². The molecule has 0 radical (unpaired) electrons. The van der Waals surface area contributed by atoms with E-state index >= 15 is 0 Å². The molecular weight excluding hydrogens is 246 g/mol. The maximum atomic E-state index is 12.1. The summed E-state index contributed by atoms with van der Waals surface area (Å²) in [6, 6.07) is 9.81. The first kappa shape index (κ1) is 13.4. The third-order valence-electron chi connectivity index (χ3n) is 3.68. The summed E-state index contributed by atoms with van der Waals surface area (Å²) in [7, 11) is 0. The topological polar surface area (TPSA) is 29.1 Å². The van der Waals surface area contributed by atoms with E-state index in [1.165, 1.54) is 12.8 Å². The van der Waals surface area contributed by atoms with Gasteiger partial charge in [-0.1, -0.05) is 37.3 Å². The molecule has 3 heteroatoms. The van der Waals surface area contributed by atoms with Crippen LogP contribution in [0, 0.1) is 5.92 Å². The van der Waals surface area contributed by atoms with Crippen molar-refractivity contribution in [2.75, 3.05) is 0 Å². The number of carbonyl (C=O) groups is 1. The molecule has 0 heterocycles. The van der Waals surface area contributed by atoms with Crippen molar-refractivity contribution >= 4 is 17.5 Å². The van der Waals surface area contributed by atoms with Crippen molar-refractivity contribution in [1.29, 1.82) is 0 Å². The minimum Gasteiger partial charge on any atom is -0.352 e. The summed E-state index contributed by atoms with van der Waals surface area (Å²) >= 11 is 6.19. The number of carbonyl (C=O) groups excluding carboxylic acids is 1. The van der Waals surface area contributed by atoms with Gasteiger partial charge < -0.3 is 5.32 Å². The summed E-state index contributed by atoms with van der Waals surface area (Å²) in [4.78, 5) is 12.1. The zero-order valence-electron chi connectivity index (χ0n) is 10.7. The van der Waals surface area contributed by atoms with Crippen molar-refractivity contribution in [2.45, 2.75) is 44.0 Å². The van der Waals surface area contributed by atoms with Crippen LogP contribution in [0.15, 0.2) is 30.3 Å². The number of amides is 1. The van der Waals surface area contributed by atoms with Crippen LogP contribution in [0.25, 0.3) is 0 Å². The Morgan fingerprint density at radius 3 is 2.44 bits per heavy atom. The lowest BCUT2D eigenvalue weighted by Crippen LogP contribution is -2.39. The lowest BCUT2D eigenvalue weighted by molar-refractivity contribution is -0.121. The van der Waals surface area contributed by atoms with Gasteiger partial charge in [0.25, 0.3) is 0 Å². The van der Waals surface area contributed by atoms with Gasteiger partial charge in [-0.2, -0.15) is 0 Å². The Labute approximate surface area is 114 Å². The Bertz CT molecular complexity index is 385. The fourth-order valence-corrected chi connectivity index (χ4v) is 2.66. The predicted octanol–water partition coefficient (Wildman–Crippen LogP) is 3.66. The normalized spacial score (nSPS) is 25.4. The molecule has 0 aliphatic heterocycles. The molecule has 18 heavy (non-hydrogen) atoms. The van der Waals surface area contributed by atoms with Crippen LogP contribution in [0.1, 0.15) is 43.5 Å². The highest BCUT2D eigenvalue weighted by Gasteiger charge is 2.23. The second-order valence-corrected chi connectivity index (χ2v) is 5.68. The Morgan fingerprint density at radius 1 is 1.22 bits per heavy atom. The molecule has 1 atom stereocenters. The number of halogens is 1. The number of benzene rings is 1. The van der Waals surface area contributed by atoms with E-state index in [1.807, 2.05) is 30.3 Å². The van der Waals surface area contributed by atoms with E-state index in [9.17, 15) is 4.79 Å². The van der Waals surface area contributed by atoms with E-state index in [4.69, 9.17) is 11.6 Å². The smallest absolute Gasteiger partial charge is 0.242 e. The van der Waals surface area contributed by atoms with Crippen LogP contribution in [-0.2, 0) is 4.79 Å². The summed E-state index contributed by atoms with van der Waals surface area (Å²) in [5.41, 5.74) is 0.862. The van der Waals surface area contributed by atoms with Gasteiger partial charge in [-0.3, -0.25) is 4.79 Å². The molecule has 2 rings (SSSR count). The molecule has 0 bridgehead atoms. The molecule has 1 fully saturated rings. The highest BCUT2D eigenvalue weighted by atomic mass is 35.5. The van der Waals surface area contributed by atoms with Crippen LogP contribution >= 0.6 is 11.6 Å². The van der Waals surface area contributed by atoms with E-state index in [1.54, 1.807) is 0 Å². The molecule has 0 aromatic heterocycles. The van der Waals surface area contributed by atoms with Crippen molar-refractivity contribution in [3.05, 3.63) is 35.9 Å². The Kier molecular flexibility index (Phi) is 4.65. The van der Waals surface area contributed by atoms with Crippen LogP contribution in [0.4, 0.5) is 0 Å². The number of hydrogen-bond acceptors (Lipinski definition) is 1. The number of alkyl halides is 1. The first-order valence-corrected chi connectivity index (χ1v) is 7.10. The molecule has 0 spiro atoms. The summed E-state index contributed by atoms with van der Waals surface area (Å²) in [6.07, 6.45) is 4.54. The molecule has 1 aliphatic carbocycles. The molecule has 1 N–H and O–H groups in total. The molecule has 1 amide bonds. The van der Waals surface area contributed by atoms with Crippen molar-refractivity contribution in [3.8, 4) is 0 Å². The van der Waals surface area contributed by atoms with Crippen molar-refractivity contribution < 1.29 is 4.79 Å². The second kappa shape index (κ2) is 6.24. The summed E-state index contributed by atoms with van der Waals surface area (Å²) in [6.45, 7) is 2.27. The van der Waals surface area contributed by atoms with Crippen molar-refractivity contribution in [1.82, 2.24) is 5.32 Å². The third kappa shape index (κ3) is 3.49. The Hall–Kier alpha value is -1.02. The average Bonchev–Trinajstić information content (AvgIpc) is 2.41. The van der Waals surface area contributed by atoms with E-state index in [0.717, 1.165) is 24.3 Å². The molecule has 2 nitrogen and oxygen atoms in total. The highest BCUT2D eigenvalue weighted by molar-refractivity contribution is 6.30. The van der Waals surface area contributed by atoms with Gasteiger partial charge in [0, 0.05) is 6.04 Å². The van der Waals surface area contributed by atoms with Gasteiger partial charge in [0.1, 0.15) is 5.38 Å². The third-order valence-corrected chi connectivity index (χ3v) is 4.13. The maximum absolute atomic E-state index is 12.1. The van der Waals surface area contributed by atoms with Gasteiger partial charge >= 0.3 is 0 Å². The Morgan fingerprint density at radius 2 is 1.83 bits per heavy atom. The average molecular weight is 266 g/mol. The molecule has 98 valence electrons. The largest absolute Gasteiger partial charge is 0.352 e. The maximum Gasteiger partial charge on any atom is 0.242 e. The second-order valence-electron chi connectivity index (χ2n) is 5.24. The van der Waals surface area contributed by atoms with Crippen LogP contribution in [-0.4, -0.2) is 11.9 Å². The molecular formula is C15H20ClNO. The minimum absolute atomic E-state index is 0.0672. The molecule has 1 aliphatic rings. The number of hydrogen-bond donors (Lipinski definition) is 1. The first-order chi connectivity index (χ1) is 8.66. The van der Waals surface area contributed by atoms with Crippen LogP contribution in [0.3, 0.4) is 0 Å². The standard InChI is InChI=1S/C15H20ClNO/c1-11-7-9-13(10-8-11)17-15(18)14(16)12-5-3-2-4-6-12/h2-6,11,13-14H,7-10H2,1H3,(H,17,18). The Balaban J connectivity index is 1.88. The van der Waals surface area contributed by atoms with Gasteiger partial charge in [-0.15, -0.1) is 11.6 Å². The predicted molar refractivity (Wildman–Crippen MR) is 74.6 cm³/mol. The highest BCUT2D eigenvalue weighted by Crippen LogP contribution is 2.25. The molecule has 1 unspecified atom stereocenters. The fraction of sp³-hybridized carbons (Fsp3) is 0.533. The van der Waals surface area contributed by atoms with Gasteiger partial charge in [-0.25, -0.2) is 0 Å². The van der Waals surface area contributed by atoms with Crippen LogP contribution in [0.2, 0.25) is 0 Å². The van der Waals surface area contributed by atoms with Crippen molar-refractivity contribution in [3.63, 3.8) is 0 Å². The lowest BCUT2D eigenvalue weighted by Gasteiger charge is -2.27. The van der Waals surface area contributed by atoms with Gasteiger partial charge in [0.05, 0.1) is 0 Å². The summed E-state index contributed by atoms with van der Waals surface area (Å²) < 4.78 is 0. The number of rotatable bonds is 3. The number of nitrogens with one attached hydrogen (secondary N) is 1. The quantitative estimate of drug-likeness (QED) is 0.831. The molecule has 0 saturated heterocycles. The van der Waals surface area contributed by atoms with Crippen LogP contribution < -0.4 is 5.32 Å². The van der Waals surface area contributed by atoms with E-state index in [2.05, 4.69) is 12.2 Å². The van der Waals surface area contributed by atoms with Crippen molar-refractivity contribution in [2.24, 2.45) is 5.92 Å². The van der Waals surface area contributed by atoms with E-state index < -0.39 is 5.38 Å². The van der Waals surface area contributed by atoms with Crippen LogP contribution in [0.5, 0.6) is 0 Å². The molecule has 1 aromatic carbocycles. The monoisotopic (exact) mass is 265 g/mol.